The van der Waals surface area contributed by atoms with E-state index in [1.807, 2.05) is 0 Å². The number of amides is 1. The van der Waals surface area contributed by atoms with E-state index in [0.717, 1.165) is 10.6 Å². The molecule has 0 bridgehead atoms. The molecule has 134 valence electrons. The van der Waals surface area contributed by atoms with Gasteiger partial charge in [0.2, 0.25) is 10.0 Å². The zero-order valence-electron chi connectivity index (χ0n) is 14.1. The van der Waals surface area contributed by atoms with Crippen LogP contribution in [0.5, 0.6) is 0 Å². The third kappa shape index (κ3) is 4.05. The first-order valence-corrected chi connectivity index (χ1v) is 9.28. The Morgan fingerprint density at radius 2 is 2.08 bits per heavy atom. The van der Waals surface area contributed by atoms with E-state index in [1.165, 1.54) is 37.5 Å². The molecule has 7 nitrogen and oxygen atoms in total. The van der Waals surface area contributed by atoms with Crippen molar-refractivity contribution in [1.29, 1.82) is 0 Å². The highest BCUT2D eigenvalue weighted by molar-refractivity contribution is 7.92. The molecular formula is C16H19FN4O3S. The summed E-state index contributed by atoms with van der Waals surface area (Å²) >= 11 is 0. The third-order valence-corrected chi connectivity index (χ3v) is 4.90. The average Bonchev–Trinajstić information content (AvgIpc) is 2.54. The van der Waals surface area contributed by atoms with Crippen molar-refractivity contribution in [2.75, 3.05) is 22.9 Å². The molecule has 0 spiro atoms. The summed E-state index contributed by atoms with van der Waals surface area (Å²) in [5.41, 5.74) is 6.18. The Labute approximate surface area is 145 Å². The Balaban J connectivity index is 2.61. The first-order valence-electron chi connectivity index (χ1n) is 7.43. The van der Waals surface area contributed by atoms with Gasteiger partial charge in [-0.25, -0.2) is 17.8 Å². The van der Waals surface area contributed by atoms with E-state index in [1.54, 1.807) is 6.92 Å². The van der Waals surface area contributed by atoms with Crippen molar-refractivity contribution in [3.05, 3.63) is 47.4 Å². The molecule has 1 amide bonds. The third-order valence-electron chi connectivity index (χ3n) is 3.71. The van der Waals surface area contributed by atoms with Crippen LogP contribution in [0.15, 0.2) is 30.5 Å². The van der Waals surface area contributed by atoms with Crippen LogP contribution in [0.1, 0.15) is 22.8 Å². The van der Waals surface area contributed by atoms with Gasteiger partial charge in [-0.05, 0) is 36.2 Å². The van der Waals surface area contributed by atoms with E-state index in [9.17, 15) is 17.6 Å². The number of anilines is 3. The first-order chi connectivity index (χ1) is 11.6. The van der Waals surface area contributed by atoms with Gasteiger partial charge in [0, 0.05) is 13.2 Å². The van der Waals surface area contributed by atoms with Gasteiger partial charge in [0.15, 0.2) is 0 Å². The summed E-state index contributed by atoms with van der Waals surface area (Å²) in [7, 11) is -2.21. The molecule has 3 N–H and O–H groups in total. The van der Waals surface area contributed by atoms with Crippen LogP contribution in [-0.2, 0) is 16.4 Å². The van der Waals surface area contributed by atoms with Crippen molar-refractivity contribution < 1.29 is 17.6 Å². The molecule has 0 aliphatic rings. The molecule has 1 aromatic carbocycles. The Morgan fingerprint density at radius 1 is 1.40 bits per heavy atom. The number of nitrogens with two attached hydrogens (primary N) is 1. The van der Waals surface area contributed by atoms with Gasteiger partial charge in [-0.15, -0.1) is 0 Å². The Hall–Kier alpha value is -2.68. The second-order valence-corrected chi connectivity index (χ2v) is 7.45. The van der Waals surface area contributed by atoms with Crippen LogP contribution >= 0.6 is 0 Å². The summed E-state index contributed by atoms with van der Waals surface area (Å²) in [5.74, 6) is -1.09. The van der Waals surface area contributed by atoms with Crippen molar-refractivity contribution in [3.63, 3.8) is 0 Å². The van der Waals surface area contributed by atoms with Crippen LogP contribution in [0.2, 0.25) is 0 Å². The van der Waals surface area contributed by atoms with Gasteiger partial charge in [0.1, 0.15) is 11.6 Å². The minimum absolute atomic E-state index is 0.107. The SMILES string of the molecule is CCc1cc(N(C)S(C)(=O)=O)c(Nc2ncccc2C(N)=O)cc1F. The number of hydrogen-bond donors (Lipinski definition) is 2. The lowest BCUT2D eigenvalue weighted by Crippen LogP contribution is -2.26. The molecule has 0 atom stereocenters. The number of halogens is 1. The van der Waals surface area contributed by atoms with Crippen molar-refractivity contribution in [3.8, 4) is 0 Å². The predicted octanol–water partition coefficient (Wildman–Crippen LogP) is 2.02. The lowest BCUT2D eigenvalue weighted by atomic mass is 10.1. The number of nitrogens with zero attached hydrogens (tertiary/aromatic N) is 2. The number of carbonyl (C=O) groups excluding carboxylic acids is 1. The number of primary amides is 1. The molecule has 1 heterocycles. The summed E-state index contributed by atoms with van der Waals surface area (Å²) < 4.78 is 39.1. The fraction of sp³-hybridized carbons (Fsp3) is 0.250. The summed E-state index contributed by atoms with van der Waals surface area (Å²) in [5, 5.41) is 2.81. The number of sulfonamides is 1. The summed E-state index contributed by atoms with van der Waals surface area (Å²) in [6, 6.07) is 5.63. The van der Waals surface area contributed by atoms with Crippen molar-refractivity contribution >= 4 is 33.1 Å². The van der Waals surface area contributed by atoms with Gasteiger partial charge in [0.25, 0.3) is 5.91 Å². The Bertz CT molecular complexity index is 916. The van der Waals surface area contributed by atoms with Gasteiger partial charge in [-0.3, -0.25) is 9.10 Å². The van der Waals surface area contributed by atoms with Crippen molar-refractivity contribution in [2.24, 2.45) is 5.73 Å². The van der Waals surface area contributed by atoms with Gasteiger partial charge in [-0.1, -0.05) is 6.92 Å². The standard InChI is InChI=1S/C16H19FN4O3S/c1-4-10-8-14(21(2)25(3,23)24)13(9-12(10)17)20-16-11(15(18)22)6-5-7-19-16/h5-9H,4H2,1-3H3,(H2,18,22)(H,19,20). The maximum atomic E-state index is 14.2. The maximum Gasteiger partial charge on any atom is 0.252 e. The van der Waals surface area contributed by atoms with E-state index < -0.39 is 21.7 Å². The van der Waals surface area contributed by atoms with Crippen LogP contribution < -0.4 is 15.4 Å². The second kappa shape index (κ2) is 7.06. The van der Waals surface area contributed by atoms with Crippen LogP contribution in [-0.4, -0.2) is 32.6 Å². The van der Waals surface area contributed by atoms with E-state index in [-0.39, 0.29) is 22.8 Å². The molecule has 9 heteroatoms. The fourth-order valence-corrected chi connectivity index (χ4v) is 2.75. The summed E-state index contributed by atoms with van der Waals surface area (Å²) in [6.07, 6.45) is 2.87. The molecule has 2 rings (SSSR count). The summed E-state index contributed by atoms with van der Waals surface area (Å²) in [4.78, 5) is 15.5. The van der Waals surface area contributed by atoms with E-state index in [4.69, 9.17) is 5.73 Å². The largest absolute Gasteiger partial charge is 0.365 e. The number of aromatic nitrogens is 1. The Morgan fingerprint density at radius 3 is 2.64 bits per heavy atom. The number of nitrogens with one attached hydrogen (secondary N) is 1. The Kier molecular flexibility index (Phi) is 5.27. The molecule has 0 saturated heterocycles. The number of carbonyl (C=O) groups is 1. The normalized spacial score (nSPS) is 11.2. The van der Waals surface area contributed by atoms with Gasteiger partial charge in [0.05, 0.1) is 23.2 Å². The highest BCUT2D eigenvalue weighted by Gasteiger charge is 2.20. The van der Waals surface area contributed by atoms with Gasteiger partial charge < -0.3 is 11.1 Å². The van der Waals surface area contributed by atoms with Gasteiger partial charge >= 0.3 is 0 Å². The minimum atomic E-state index is -3.58. The molecule has 0 saturated carbocycles. The minimum Gasteiger partial charge on any atom is -0.365 e. The van der Waals surface area contributed by atoms with Crippen LogP contribution in [0.25, 0.3) is 0 Å². The lowest BCUT2D eigenvalue weighted by molar-refractivity contribution is 0.100. The molecule has 0 unspecified atom stereocenters. The quantitative estimate of drug-likeness (QED) is 0.814. The van der Waals surface area contributed by atoms with Crippen LogP contribution in [0, 0.1) is 5.82 Å². The molecule has 0 aliphatic carbocycles. The number of hydrogen-bond acceptors (Lipinski definition) is 5. The zero-order valence-corrected chi connectivity index (χ0v) is 14.9. The highest BCUT2D eigenvalue weighted by atomic mass is 32.2. The average molecular weight is 366 g/mol. The lowest BCUT2D eigenvalue weighted by Gasteiger charge is -2.22. The van der Waals surface area contributed by atoms with E-state index in [2.05, 4.69) is 10.3 Å². The van der Waals surface area contributed by atoms with Gasteiger partial charge in [-0.2, -0.15) is 0 Å². The fourth-order valence-electron chi connectivity index (χ4n) is 2.25. The predicted molar refractivity (Wildman–Crippen MR) is 95.1 cm³/mol. The molecule has 25 heavy (non-hydrogen) atoms. The number of aryl methyl sites for hydroxylation is 1. The first kappa shape index (κ1) is 18.7. The second-order valence-electron chi connectivity index (χ2n) is 5.43. The molecule has 0 aliphatic heterocycles. The zero-order chi connectivity index (χ0) is 18.8. The molecular weight excluding hydrogens is 347 g/mol. The number of pyridine rings is 1. The topological polar surface area (TPSA) is 105 Å². The molecule has 0 fully saturated rings. The van der Waals surface area contributed by atoms with Crippen molar-refractivity contribution in [2.45, 2.75) is 13.3 Å². The molecule has 1 aromatic heterocycles. The van der Waals surface area contributed by atoms with E-state index in [0.29, 0.717) is 12.0 Å². The number of benzene rings is 1. The monoisotopic (exact) mass is 366 g/mol. The van der Waals surface area contributed by atoms with Crippen LogP contribution in [0.3, 0.4) is 0 Å². The smallest absolute Gasteiger partial charge is 0.252 e. The summed E-state index contributed by atoms with van der Waals surface area (Å²) in [6.45, 7) is 1.76. The van der Waals surface area contributed by atoms with E-state index >= 15 is 0 Å². The highest BCUT2D eigenvalue weighted by Crippen LogP contribution is 2.33. The van der Waals surface area contributed by atoms with Crippen molar-refractivity contribution in [1.82, 2.24) is 4.98 Å². The maximum absolute atomic E-state index is 14.2. The molecule has 0 radical (unpaired) electrons. The number of rotatable bonds is 6. The molecule has 2 aromatic rings. The van der Waals surface area contributed by atoms with Crippen LogP contribution in [0.4, 0.5) is 21.6 Å².